The summed E-state index contributed by atoms with van der Waals surface area (Å²) in [6.07, 6.45) is 0. The minimum Gasteiger partial charge on any atom is -0.430 e. The van der Waals surface area contributed by atoms with Gasteiger partial charge in [-0.2, -0.15) is 4.98 Å². The van der Waals surface area contributed by atoms with Crippen LogP contribution in [0.25, 0.3) is 0 Å². The van der Waals surface area contributed by atoms with E-state index < -0.39 is 4.92 Å². The Balaban J connectivity index is 2.47. The maximum atomic E-state index is 11.0. The minimum absolute atomic E-state index is 0.0275. The van der Waals surface area contributed by atoms with Gasteiger partial charge in [-0.05, 0) is 24.6 Å². The van der Waals surface area contributed by atoms with E-state index in [1.54, 1.807) is 13.0 Å². The normalized spacial score (nSPS) is 10.3. The molecular formula is C12H10Cl2N4O3. The Labute approximate surface area is 129 Å². The minimum atomic E-state index is -0.555. The van der Waals surface area contributed by atoms with Gasteiger partial charge in [0.2, 0.25) is 11.6 Å². The monoisotopic (exact) mass is 328 g/mol. The number of benzene rings is 1. The molecular weight excluding hydrogens is 319 g/mol. The fraction of sp³-hybridized carbons (Fsp3) is 0.0833. The van der Waals surface area contributed by atoms with Crippen molar-refractivity contribution in [3.8, 4) is 11.6 Å². The number of hydrazine groups is 1. The van der Waals surface area contributed by atoms with Crippen molar-refractivity contribution in [3.63, 3.8) is 0 Å². The molecule has 2 aromatic rings. The molecule has 9 heteroatoms. The van der Waals surface area contributed by atoms with Crippen molar-refractivity contribution in [1.82, 2.24) is 4.98 Å². The van der Waals surface area contributed by atoms with Gasteiger partial charge in [0, 0.05) is 6.07 Å². The third kappa shape index (κ3) is 3.33. The number of pyridine rings is 1. The zero-order valence-electron chi connectivity index (χ0n) is 10.8. The van der Waals surface area contributed by atoms with Gasteiger partial charge in [-0.25, -0.2) is 5.84 Å². The van der Waals surface area contributed by atoms with Gasteiger partial charge in [-0.1, -0.05) is 29.3 Å². The molecule has 0 radical (unpaired) electrons. The number of ether oxygens (including phenoxy) is 1. The highest BCUT2D eigenvalue weighted by atomic mass is 35.5. The van der Waals surface area contributed by atoms with E-state index in [0.29, 0.717) is 0 Å². The van der Waals surface area contributed by atoms with Gasteiger partial charge in [0.05, 0.1) is 9.95 Å². The lowest BCUT2D eigenvalue weighted by Gasteiger charge is -2.10. The number of nitrogens with one attached hydrogen (secondary N) is 1. The number of nitrogens with two attached hydrogens (primary N) is 1. The van der Waals surface area contributed by atoms with Crippen LogP contribution >= 0.6 is 23.2 Å². The lowest BCUT2D eigenvalue weighted by molar-refractivity contribution is -0.385. The van der Waals surface area contributed by atoms with Gasteiger partial charge in [0.15, 0.2) is 5.82 Å². The van der Waals surface area contributed by atoms with E-state index in [1.807, 2.05) is 0 Å². The van der Waals surface area contributed by atoms with Crippen LogP contribution in [0.15, 0.2) is 24.3 Å². The third-order valence-corrected chi connectivity index (χ3v) is 3.11. The van der Waals surface area contributed by atoms with E-state index in [9.17, 15) is 10.1 Å². The summed E-state index contributed by atoms with van der Waals surface area (Å²) in [5, 5.41) is 11.3. The van der Waals surface area contributed by atoms with Crippen molar-refractivity contribution in [2.24, 2.45) is 5.84 Å². The number of halogens is 2. The van der Waals surface area contributed by atoms with Gasteiger partial charge < -0.3 is 10.2 Å². The van der Waals surface area contributed by atoms with Crippen LogP contribution in [0.4, 0.5) is 11.5 Å². The van der Waals surface area contributed by atoms with E-state index in [-0.39, 0.29) is 33.2 Å². The summed E-state index contributed by atoms with van der Waals surface area (Å²) in [6.45, 7) is 1.78. The number of aryl methyl sites for hydroxylation is 1. The zero-order chi connectivity index (χ0) is 15.6. The summed E-state index contributed by atoms with van der Waals surface area (Å²) >= 11 is 11.8. The summed E-state index contributed by atoms with van der Waals surface area (Å²) in [5.41, 5.74) is 2.87. The first-order valence-corrected chi connectivity index (χ1v) is 6.43. The molecule has 0 amide bonds. The van der Waals surface area contributed by atoms with Crippen molar-refractivity contribution in [2.45, 2.75) is 6.92 Å². The van der Waals surface area contributed by atoms with Crippen LogP contribution in [0.1, 0.15) is 5.56 Å². The molecule has 0 saturated carbocycles. The first-order valence-electron chi connectivity index (χ1n) is 5.68. The van der Waals surface area contributed by atoms with Crippen LogP contribution in [0.2, 0.25) is 10.0 Å². The van der Waals surface area contributed by atoms with E-state index in [4.69, 9.17) is 33.8 Å². The summed E-state index contributed by atoms with van der Waals surface area (Å²) in [6, 6.07) is 5.84. The van der Waals surface area contributed by atoms with E-state index in [1.165, 1.54) is 18.2 Å². The van der Waals surface area contributed by atoms with Crippen LogP contribution in [0.5, 0.6) is 11.6 Å². The van der Waals surface area contributed by atoms with Crippen molar-refractivity contribution >= 4 is 34.7 Å². The maximum Gasteiger partial charge on any atom is 0.311 e. The fourth-order valence-electron chi connectivity index (χ4n) is 1.58. The first-order chi connectivity index (χ1) is 9.92. The number of nitrogens with zero attached hydrogens (tertiary/aromatic N) is 2. The molecule has 21 heavy (non-hydrogen) atoms. The van der Waals surface area contributed by atoms with E-state index in [2.05, 4.69) is 10.4 Å². The molecule has 0 atom stereocenters. The molecule has 0 unspecified atom stereocenters. The lowest BCUT2D eigenvalue weighted by atomic mass is 10.2. The second kappa shape index (κ2) is 6.13. The van der Waals surface area contributed by atoms with Crippen LogP contribution in [-0.2, 0) is 0 Å². The summed E-state index contributed by atoms with van der Waals surface area (Å²) < 4.78 is 5.44. The first kappa shape index (κ1) is 15.3. The highest BCUT2D eigenvalue weighted by Gasteiger charge is 2.18. The zero-order valence-corrected chi connectivity index (χ0v) is 12.3. The molecule has 0 spiro atoms. The molecule has 1 heterocycles. The molecule has 0 saturated heterocycles. The highest BCUT2D eigenvalue weighted by Crippen LogP contribution is 2.36. The second-order valence-electron chi connectivity index (χ2n) is 4.08. The average molecular weight is 329 g/mol. The smallest absolute Gasteiger partial charge is 0.311 e. The van der Waals surface area contributed by atoms with Crippen molar-refractivity contribution in [1.29, 1.82) is 0 Å². The Morgan fingerprint density at radius 3 is 2.67 bits per heavy atom. The largest absolute Gasteiger partial charge is 0.430 e. The Bertz CT molecular complexity index is 709. The van der Waals surface area contributed by atoms with Crippen LogP contribution < -0.4 is 16.0 Å². The molecule has 0 aliphatic carbocycles. The highest BCUT2D eigenvalue weighted by molar-refractivity contribution is 6.36. The van der Waals surface area contributed by atoms with Crippen LogP contribution in [0, 0.1) is 17.0 Å². The second-order valence-corrected chi connectivity index (χ2v) is 4.89. The molecule has 0 bridgehead atoms. The number of nitro benzene ring substituents is 1. The van der Waals surface area contributed by atoms with E-state index >= 15 is 0 Å². The van der Waals surface area contributed by atoms with Gasteiger partial charge in [-0.15, -0.1) is 0 Å². The van der Waals surface area contributed by atoms with E-state index in [0.717, 1.165) is 5.56 Å². The number of nitrogen functional groups attached to an aromatic ring is 1. The molecule has 0 aliphatic rings. The Kier molecular flexibility index (Phi) is 4.46. The van der Waals surface area contributed by atoms with Gasteiger partial charge in [0.25, 0.3) is 0 Å². The average Bonchev–Trinajstić information content (AvgIpc) is 2.41. The summed E-state index contributed by atoms with van der Waals surface area (Å²) in [4.78, 5) is 14.4. The van der Waals surface area contributed by atoms with Gasteiger partial charge >= 0.3 is 5.69 Å². The predicted octanol–water partition coefficient (Wildman–Crippen LogP) is 3.68. The quantitative estimate of drug-likeness (QED) is 0.504. The predicted molar refractivity (Wildman–Crippen MR) is 80.0 cm³/mol. The molecule has 0 fully saturated rings. The summed E-state index contributed by atoms with van der Waals surface area (Å²) in [7, 11) is 0. The van der Waals surface area contributed by atoms with Crippen molar-refractivity contribution in [2.75, 3.05) is 5.43 Å². The maximum absolute atomic E-state index is 11.0. The standard InChI is InChI=1S/C12H10Cl2N4O3/c1-6-2-3-9(18(19)20)10(4-6)21-12-8(14)5-7(13)11(16-12)17-15/h2-5H,15H2,1H3,(H,16,17). The van der Waals surface area contributed by atoms with Crippen LogP contribution in [0.3, 0.4) is 0 Å². The third-order valence-electron chi connectivity index (χ3n) is 2.55. The Hall–Kier alpha value is -2.09. The van der Waals surface area contributed by atoms with Crippen LogP contribution in [-0.4, -0.2) is 9.91 Å². The van der Waals surface area contributed by atoms with Crippen molar-refractivity contribution in [3.05, 3.63) is 50.0 Å². The molecule has 7 nitrogen and oxygen atoms in total. The topological polar surface area (TPSA) is 103 Å². The SMILES string of the molecule is Cc1ccc([N+](=O)[O-])c(Oc2nc(NN)c(Cl)cc2Cl)c1. The molecule has 1 aromatic carbocycles. The number of rotatable bonds is 4. The number of anilines is 1. The summed E-state index contributed by atoms with van der Waals surface area (Å²) in [5.74, 6) is 5.39. The number of hydrogen-bond acceptors (Lipinski definition) is 6. The van der Waals surface area contributed by atoms with Crippen molar-refractivity contribution < 1.29 is 9.66 Å². The molecule has 3 N–H and O–H groups in total. The number of hydrogen-bond donors (Lipinski definition) is 2. The molecule has 2 rings (SSSR count). The Morgan fingerprint density at radius 1 is 1.33 bits per heavy atom. The van der Waals surface area contributed by atoms with Gasteiger partial charge in [0.1, 0.15) is 5.02 Å². The Morgan fingerprint density at radius 2 is 2.05 bits per heavy atom. The van der Waals surface area contributed by atoms with Gasteiger partial charge in [-0.3, -0.25) is 10.1 Å². The fourth-order valence-corrected chi connectivity index (χ4v) is 2.03. The molecule has 1 aromatic heterocycles. The number of nitro groups is 1. The molecule has 110 valence electrons. The molecule has 0 aliphatic heterocycles. The number of aromatic nitrogens is 1. The lowest BCUT2D eigenvalue weighted by Crippen LogP contribution is -2.09.